The van der Waals surface area contributed by atoms with Crippen LogP contribution in [-0.2, 0) is 6.42 Å². The lowest BCUT2D eigenvalue weighted by molar-refractivity contribution is 0.0992. The van der Waals surface area contributed by atoms with Crippen molar-refractivity contribution in [1.29, 1.82) is 0 Å². The number of fused-ring (bicyclic) bond motifs is 1. The lowest BCUT2D eigenvalue weighted by atomic mass is 10.0. The summed E-state index contributed by atoms with van der Waals surface area (Å²) in [5.41, 5.74) is 2.01. The van der Waals surface area contributed by atoms with Crippen LogP contribution in [0.2, 0.25) is 5.02 Å². The molecule has 0 aliphatic heterocycles. The van der Waals surface area contributed by atoms with Crippen molar-refractivity contribution in [1.82, 2.24) is 9.97 Å². The van der Waals surface area contributed by atoms with E-state index in [-0.39, 0.29) is 22.8 Å². The standard InChI is InChI=1S/C16H10ClFN2O/c17-12-2-1-3-13(18)11(12)9-16(21)10-4-5-14-15(8-10)20-7-6-19-14/h1-8H,9H2. The molecule has 5 heteroatoms. The van der Waals surface area contributed by atoms with Gasteiger partial charge in [-0.05, 0) is 30.3 Å². The molecule has 0 N–H and O–H groups in total. The highest BCUT2D eigenvalue weighted by molar-refractivity contribution is 6.31. The maximum atomic E-state index is 13.7. The van der Waals surface area contributed by atoms with Crippen molar-refractivity contribution in [3.05, 3.63) is 70.8 Å². The second kappa shape index (κ2) is 5.58. The molecule has 0 radical (unpaired) electrons. The number of rotatable bonds is 3. The minimum Gasteiger partial charge on any atom is -0.294 e. The van der Waals surface area contributed by atoms with Gasteiger partial charge in [0.25, 0.3) is 0 Å². The van der Waals surface area contributed by atoms with Gasteiger partial charge in [0, 0.05) is 35.0 Å². The highest BCUT2D eigenvalue weighted by atomic mass is 35.5. The molecule has 0 saturated heterocycles. The molecule has 1 aromatic heterocycles. The minimum absolute atomic E-state index is 0.0860. The van der Waals surface area contributed by atoms with Crippen LogP contribution in [0, 0.1) is 5.82 Å². The predicted octanol–water partition coefficient (Wildman–Crippen LogP) is 3.85. The third kappa shape index (κ3) is 2.76. The topological polar surface area (TPSA) is 42.9 Å². The van der Waals surface area contributed by atoms with Crippen LogP contribution in [0.1, 0.15) is 15.9 Å². The normalized spacial score (nSPS) is 10.8. The first-order chi connectivity index (χ1) is 10.1. The first-order valence-electron chi connectivity index (χ1n) is 6.32. The number of nitrogens with zero attached hydrogens (tertiary/aromatic N) is 2. The van der Waals surface area contributed by atoms with Crippen molar-refractivity contribution in [3.63, 3.8) is 0 Å². The molecule has 0 atom stereocenters. The van der Waals surface area contributed by atoms with Gasteiger partial charge in [-0.2, -0.15) is 0 Å². The number of ketones is 1. The monoisotopic (exact) mass is 300 g/mol. The third-order valence-electron chi connectivity index (χ3n) is 3.19. The Hall–Kier alpha value is -2.33. The van der Waals surface area contributed by atoms with Crippen LogP contribution in [-0.4, -0.2) is 15.8 Å². The number of carbonyl (C=O) groups excluding carboxylic acids is 1. The molecule has 21 heavy (non-hydrogen) atoms. The van der Waals surface area contributed by atoms with Gasteiger partial charge < -0.3 is 0 Å². The van der Waals surface area contributed by atoms with Gasteiger partial charge >= 0.3 is 0 Å². The molecule has 3 rings (SSSR count). The van der Waals surface area contributed by atoms with Crippen LogP contribution >= 0.6 is 11.6 Å². The van der Waals surface area contributed by atoms with Gasteiger partial charge in [0.1, 0.15) is 5.82 Å². The maximum Gasteiger partial charge on any atom is 0.167 e. The summed E-state index contributed by atoms with van der Waals surface area (Å²) in [5.74, 6) is -0.689. The summed E-state index contributed by atoms with van der Waals surface area (Å²) in [5, 5.41) is 0.254. The fraction of sp³-hybridized carbons (Fsp3) is 0.0625. The molecule has 2 aromatic carbocycles. The Morgan fingerprint density at radius 2 is 1.86 bits per heavy atom. The van der Waals surface area contributed by atoms with Crippen LogP contribution in [0.3, 0.4) is 0 Å². The number of halogens is 2. The van der Waals surface area contributed by atoms with E-state index in [2.05, 4.69) is 9.97 Å². The Kier molecular flexibility index (Phi) is 3.62. The minimum atomic E-state index is -0.476. The summed E-state index contributed by atoms with van der Waals surface area (Å²) in [4.78, 5) is 20.6. The van der Waals surface area contributed by atoms with Crippen LogP contribution in [0.4, 0.5) is 4.39 Å². The lowest BCUT2D eigenvalue weighted by Crippen LogP contribution is -2.06. The van der Waals surface area contributed by atoms with Gasteiger partial charge in [-0.3, -0.25) is 14.8 Å². The highest BCUT2D eigenvalue weighted by Crippen LogP contribution is 2.21. The summed E-state index contributed by atoms with van der Waals surface area (Å²) in [6, 6.07) is 9.41. The van der Waals surface area contributed by atoms with E-state index in [1.54, 1.807) is 36.7 Å². The molecule has 0 spiro atoms. The van der Waals surface area contributed by atoms with Crippen LogP contribution in [0.15, 0.2) is 48.8 Å². The molecule has 3 aromatic rings. The summed E-state index contributed by atoms with van der Waals surface area (Å²) in [7, 11) is 0. The van der Waals surface area contributed by atoms with E-state index in [4.69, 9.17) is 11.6 Å². The number of Topliss-reactive ketones (excluding diaryl/α,β-unsaturated/α-hetero) is 1. The third-order valence-corrected chi connectivity index (χ3v) is 3.54. The van der Waals surface area contributed by atoms with Gasteiger partial charge in [0.2, 0.25) is 0 Å². The average molecular weight is 301 g/mol. The average Bonchev–Trinajstić information content (AvgIpc) is 2.50. The van der Waals surface area contributed by atoms with Crippen molar-refractivity contribution in [2.24, 2.45) is 0 Å². The lowest BCUT2D eigenvalue weighted by Gasteiger charge is -2.06. The molecule has 1 heterocycles. The zero-order valence-electron chi connectivity index (χ0n) is 10.9. The Labute approximate surface area is 125 Å². The van der Waals surface area contributed by atoms with E-state index in [0.717, 1.165) is 0 Å². The summed E-state index contributed by atoms with van der Waals surface area (Å²) in [6.07, 6.45) is 3.06. The SMILES string of the molecule is O=C(Cc1c(F)cccc1Cl)c1ccc2nccnc2c1. The summed E-state index contributed by atoms with van der Waals surface area (Å²) < 4.78 is 13.7. The quantitative estimate of drug-likeness (QED) is 0.690. The number of benzene rings is 2. The largest absolute Gasteiger partial charge is 0.294 e. The molecule has 0 saturated carbocycles. The Bertz CT molecular complexity index is 815. The molecule has 0 amide bonds. The van der Waals surface area contributed by atoms with E-state index in [0.29, 0.717) is 16.6 Å². The highest BCUT2D eigenvalue weighted by Gasteiger charge is 2.14. The zero-order valence-corrected chi connectivity index (χ0v) is 11.6. The first kappa shape index (κ1) is 13.6. The fourth-order valence-electron chi connectivity index (χ4n) is 2.10. The molecular weight excluding hydrogens is 291 g/mol. The van der Waals surface area contributed by atoms with Crippen molar-refractivity contribution in [2.75, 3.05) is 0 Å². The first-order valence-corrected chi connectivity index (χ1v) is 6.70. The van der Waals surface area contributed by atoms with Crippen molar-refractivity contribution in [2.45, 2.75) is 6.42 Å². The summed E-state index contributed by atoms with van der Waals surface area (Å²) in [6.45, 7) is 0. The van der Waals surface area contributed by atoms with Gasteiger partial charge in [-0.15, -0.1) is 0 Å². The molecule has 0 aliphatic carbocycles. The molecular formula is C16H10ClFN2O. The van der Waals surface area contributed by atoms with E-state index in [1.807, 2.05) is 0 Å². The van der Waals surface area contributed by atoms with E-state index in [9.17, 15) is 9.18 Å². The number of hydrogen-bond acceptors (Lipinski definition) is 3. The predicted molar refractivity (Wildman–Crippen MR) is 79.0 cm³/mol. The van der Waals surface area contributed by atoms with Crippen molar-refractivity contribution < 1.29 is 9.18 Å². The Morgan fingerprint density at radius 3 is 2.62 bits per heavy atom. The number of hydrogen-bond donors (Lipinski definition) is 0. The van der Waals surface area contributed by atoms with Gasteiger partial charge in [0.05, 0.1) is 11.0 Å². The Balaban J connectivity index is 1.94. The molecule has 3 nitrogen and oxygen atoms in total. The number of aromatic nitrogens is 2. The van der Waals surface area contributed by atoms with E-state index < -0.39 is 5.82 Å². The van der Waals surface area contributed by atoms with Crippen molar-refractivity contribution >= 4 is 28.4 Å². The van der Waals surface area contributed by atoms with Gasteiger partial charge in [0.15, 0.2) is 5.78 Å². The smallest absolute Gasteiger partial charge is 0.167 e. The zero-order chi connectivity index (χ0) is 14.8. The second-order valence-electron chi connectivity index (χ2n) is 4.56. The molecule has 0 aliphatic rings. The second-order valence-corrected chi connectivity index (χ2v) is 4.97. The van der Waals surface area contributed by atoms with Gasteiger partial charge in [-0.25, -0.2) is 4.39 Å². The van der Waals surface area contributed by atoms with Crippen molar-refractivity contribution in [3.8, 4) is 0 Å². The molecule has 0 bridgehead atoms. The molecule has 0 unspecified atom stereocenters. The van der Waals surface area contributed by atoms with Crippen LogP contribution in [0.5, 0.6) is 0 Å². The van der Waals surface area contributed by atoms with Gasteiger partial charge in [-0.1, -0.05) is 17.7 Å². The fourth-order valence-corrected chi connectivity index (χ4v) is 2.33. The molecule has 104 valence electrons. The summed E-state index contributed by atoms with van der Waals surface area (Å²) >= 11 is 5.94. The Morgan fingerprint density at radius 1 is 1.10 bits per heavy atom. The molecule has 0 fully saturated rings. The number of carbonyl (C=O) groups is 1. The van der Waals surface area contributed by atoms with E-state index in [1.165, 1.54) is 12.1 Å². The maximum absolute atomic E-state index is 13.7. The van der Waals surface area contributed by atoms with Crippen LogP contribution in [0.25, 0.3) is 11.0 Å². The van der Waals surface area contributed by atoms with Crippen LogP contribution < -0.4 is 0 Å². The van der Waals surface area contributed by atoms with E-state index >= 15 is 0 Å².